The molecule has 3 aromatic carbocycles. The number of aliphatic hydroxyl groups is 1. The van der Waals surface area contributed by atoms with Crippen molar-refractivity contribution in [3.8, 4) is 0 Å². The second kappa shape index (κ2) is 12.0. The van der Waals surface area contributed by atoms with Crippen molar-refractivity contribution in [1.82, 2.24) is 4.90 Å². The van der Waals surface area contributed by atoms with E-state index < -0.39 is 17.3 Å². The number of nitrogens with one attached hydrogen (secondary N) is 2. The number of amides is 2. The number of para-hydroxylation sites is 2. The normalized spacial score (nSPS) is 17.9. The minimum Gasteiger partial charge on any atom is -0.397 e. The number of nitrogens with two attached hydrogens (primary N) is 1. The van der Waals surface area contributed by atoms with Crippen molar-refractivity contribution in [3.63, 3.8) is 0 Å². The number of carbonyl (C=O) groups excluding carboxylic acids is 2. The maximum absolute atomic E-state index is 13.6. The third-order valence-electron chi connectivity index (χ3n) is 7.10. The molecule has 1 aliphatic heterocycles. The van der Waals surface area contributed by atoms with Crippen molar-refractivity contribution in [2.75, 3.05) is 36.1 Å². The molecule has 3 aromatic rings. The lowest BCUT2D eigenvalue weighted by atomic mass is 9.88. The van der Waals surface area contributed by atoms with Crippen LogP contribution in [0.1, 0.15) is 30.9 Å². The first-order chi connectivity index (χ1) is 18.6. The number of nitrogens with zero attached hydrogens (tertiary/aromatic N) is 1. The van der Waals surface area contributed by atoms with E-state index in [-0.39, 0.29) is 29.4 Å². The Kier molecular flexibility index (Phi) is 8.70. The molecular weight excluding hydrogens is 519 g/mol. The van der Waals surface area contributed by atoms with Gasteiger partial charge in [-0.05, 0) is 61.4 Å². The molecular formula is C30H32ClFN4O3. The third kappa shape index (κ3) is 6.84. The summed E-state index contributed by atoms with van der Waals surface area (Å²) in [5.41, 5.74) is 8.60. The van der Waals surface area contributed by atoms with Crippen LogP contribution in [-0.2, 0) is 9.59 Å². The minimum absolute atomic E-state index is 0.0535. The van der Waals surface area contributed by atoms with Crippen LogP contribution >= 0.6 is 11.6 Å². The number of aliphatic hydroxyl groups excluding tert-OH is 1. The number of halogens is 2. The van der Waals surface area contributed by atoms with Gasteiger partial charge in [0.05, 0.1) is 28.9 Å². The topological polar surface area (TPSA) is 108 Å². The Labute approximate surface area is 232 Å². The molecule has 39 heavy (non-hydrogen) atoms. The number of anilines is 3. The van der Waals surface area contributed by atoms with Crippen LogP contribution in [0.2, 0.25) is 5.02 Å². The monoisotopic (exact) mass is 550 g/mol. The summed E-state index contributed by atoms with van der Waals surface area (Å²) in [7, 11) is 0. The predicted molar refractivity (Wildman–Crippen MR) is 154 cm³/mol. The Bertz CT molecular complexity index is 1380. The predicted octanol–water partition coefficient (Wildman–Crippen LogP) is 5.14. The molecule has 0 bridgehead atoms. The molecule has 2 atom stereocenters. The molecule has 5 N–H and O–H groups in total. The van der Waals surface area contributed by atoms with Gasteiger partial charge in [-0.1, -0.05) is 48.0 Å². The van der Waals surface area contributed by atoms with Crippen LogP contribution in [0.3, 0.4) is 0 Å². The van der Waals surface area contributed by atoms with Gasteiger partial charge in [-0.25, -0.2) is 4.39 Å². The van der Waals surface area contributed by atoms with Crippen molar-refractivity contribution in [1.29, 1.82) is 0 Å². The average Bonchev–Trinajstić information content (AvgIpc) is 3.38. The number of hydrogen-bond donors (Lipinski definition) is 4. The van der Waals surface area contributed by atoms with E-state index in [2.05, 4.69) is 15.5 Å². The zero-order chi connectivity index (χ0) is 28.2. The molecule has 0 saturated carbocycles. The second-order valence-electron chi connectivity index (χ2n) is 10.3. The maximum atomic E-state index is 13.6. The van der Waals surface area contributed by atoms with Gasteiger partial charge in [0, 0.05) is 36.3 Å². The largest absolute Gasteiger partial charge is 0.397 e. The van der Waals surface area contributed by atoms with Gasteiger partial charge >= 0.3 is 0 Å². The Morgan fingerprint density at radius 2 is 1.82 bits per heavy atom. The molecule has 0 spiro atoms. The molecule has 204 valence electrons. The molecule has 9 heteroatoms. The van der Waals surface area contributed by atoms with Crippen molar-refractivity contribution < 1.29 is 19.1 Å². The first-order valence-electron chi connectivity index (χ1n) is 12.6. The minimum atomic E-state index is -0.555. The molecule has 0 aromatic heterocycles. The highest BCUT2D eigenvalue weighted by Crippen LogP contribution is 2.37. The molecule has 7 nitrogen and oxygen atoms in total. The number of carbonyl (C=O) groups is 2. The first kappa shape index (κ1) is 28.3. The van der Waals surface area contributed by atoms with Gasteiger partial charge in [0.15, 0.2) is 0 Å². The van der Waals surface area contributed by atoms with Crippen LogP contribution in [-0.4, -0.2) is 47.1 Å². The summed E-state index contributed by atoms with van der Waals surface area (Å²) in [6.07, 6.45) is 3.14. The quantitative estimate of drug-likeness (QED) is 0.229. The molecule has 2 unspecified atom stereocenters. The zero-order valence-electron chi connectivity index (χ0n) is 21.8. The molecule has 0 aliphatic carbocycles. The van der Waals surface area contributed by atoms with Crippen LogP contribution in [0.15, 0.2) is 72.8 Å². The highest BCUT2D eigenvalue weighted by atomic mass is 35.5. The molecule has 1 fully saturated rings. The van der Waals surface area contributed by atoms with Gasteiger partial charge in [0.1, 0.15) is 5.82 Å². The van der Waals surface area contributed by atoms with Gasteiger partial charge in [-0.3, -0.25) is 14.5 Å². The van der Waals surface area contributed by atoms with Crippen LogP contribution in [0, 0.1) is 11.7 Å². The molecule has 1 heterocycles. The van der Waals surface area contributed by atoms with Gasteiger partial charge in [0.25, 0.3) is 0 Å². The van der Waals surface area contributed by atoms with E-state index in [1.165, 1.54) is 24.3 Å². The third-order valence-corrected chi connectivity index (χ3v) is 7.39. The van der Waals surface area contributed by atoms with Crippen LogP contribution in [0.25, 0.3) is 6.08 Å². The van der Waals surface area contributed by atoms with Gasteiger partial charge in [0.2, 0.25) is 11.8 Å². The summed E-state index contributed by atoms with van der Waals surface area (Å²) in [5, 5.41) is 15.5. The summed E-state index contributed by atoms with van der Waals surface area (Å²) < 4.78 is 13.6. The summed E-state index contributed by atoms with van der Waals surface area (Å²) in [6.45, 7) is 4.84. The summed E-state index contributed by atoms with van der Waals surface area (Å²) in [4.78, 5) is 27.8. The number of rotatable bonds is 8. The second-order valence-corrected chi connectivity index (χ2v) is 10.7. The van der Waals surface area contributed by atoms with Crippen LogP contribution in [0.4, 0.5) is 21.5 Å². The average molecular weight is 551 g/mol. The van der Waals surface area contributed by atoms with Gasteiger partial charge in [-0.15, -0.1) is 0 Å². The summed E-state index contributed by atoms with van der Waals surface area (Å²) >= 11 is 5.89. The Morgan fingerprint density at radius 3 is 2.49 bits per heavy atom. The maximum Gasteiger partial charge on any atom is 0.248 e. The molecule has 0 radical (unpaired) electrons. The van der Waals surface area contributed by atoms with Gasteiger partial charge in [-0.2, -0.15) is 0 Å². The smallest absolute Gasteiger partial charge is 0.248 e. The van der Waals surface area contributed by atoms with Crippen molar-refractivity contribution >= 4 is 46.6 Å². The van der Waals surface area contributed by atoms with Crippen molar-refractivity contribution in [2.24, 2.45) is 5.92 Å². The highest BCUT2D eigenvalue weighted by Gasteiger charge is 2.43. The number of likely N-dealkylation sites (tertiary alicyclic amines) is 1. The molecule has 2 amide bonds. The highest BCUT2D eigenvalue weighted by molar-refractivity contribution is 6.31. The van der Waals surface area contributed by atoms with E-state index in [1.54, 1.807) is 30.3 Å². The summed E-state index contributed by atoms with van der Waals surface area (Å²) in [5.74, 6) is -1.62. The number of benzene rings is 3. The lowest BCUT2D eigenvalue weighted by molar-refractivity contribution is -0.120. The van der Waals surface area contributed by atoms with E-state index in [4.69, 9.17) is 17.3 Å². The van der Waals surface area contributed by atoms with E-state index >= 15 is 0 Å². The summed E-state index contributed by atoms with van der Waals surface area (Å²) in [6, 6.07) is 18.8. The Balaban J connectivity index is 1.49. The van der Waals surface area contributed by atoms with E-state index in [0.717, 1.165) is 11.1 Å². The van der Waals surface area contributed by atoms with Crippen molar-refractivity contribution in [2.45, 2.75) is 25.3 Å². The van der Waals surface area contributed by atoms with E-state index in [1.807, 2.05) is 38.1 Å². The zero-order valence-corrected chi connectivity index (χ0v) is 22.6. The molecule has 1 aliphatic rings. The molecule has 1 saturated heterocycles. The lowest BCUT2D eigenvalue weighted by Gasteiger charge is -2.33. The number of hydrogen-bond acceptors (Lipinski definition) is 5. The Hall–Kier alpha value is -3.72. The molecule has 4 rings (SSSR count). The van der Waals surface area contributed by atoms with Gasteiger partial charge < -0.3 is 21.5 Å². The number of nitrogen functional groups attached to an aromatic ring is 1. The van der Waals surface area contributed by atoms with E-state index in [0.29, 0.717) is 30.2 Å². The fourth-order valence-corrected chi connectivity index (χ4v) is 4.80. The van der Waals surface area contributed by atoms with Crippen molar-refractivity contribution in [3.05, 3.63) is 94.8 Å². The van der Waals surface area contributed by atoms with Crippen LogP contribution < -0.4 is 16.4 Å². The standard InChI is InChI=1S/C30H32ClFN4O3/c1-30(2,18-37)36-16-22(23(17-36)29(39)34-21-12-13-25(32)24(31)15-21)20-10-7-19(8-11-20)9-14-28(38)35-27-6-4-3-5-26(27)33/h3-15,22-23,37H,16-18,33H2,1-2H3,(H,34,39)(H,35,38)/b14-9+. The van der Waals surface area contributed by atoms with E-state index in [9.17, 15) is 19.1 Å². The fraction of sp³-hybridized carbons (Fsp3) is 0.267. The SMILES string of the molecule is CC(C)(CO)N1CC(C(=O)Nc2ccc(F)c(Cl)c2)C(c2ccc(/C=C/C(=O)Nc3ccccc3N)cc2)C1. The first-order valence-corrected chi connectivity index (χ1v) is 13.0. The fourth-order valence-electron chi connectivity index (χ4n) is 4.62. The Morgan fingerprint density at radius 1 is 1.10 bits per heavy atom. The lowest BCUT2D eigenvalue weighted by Crippen LogP contribution is -2.46. The van der Waals surface area contributed by atoms with Crippen LogP contribution in [0.5, 0.6) is 0 Å².